The number of nitrogens with zero attached hydrogens (tertiary/aromatic N) is 1. The molecule has 1 aliphatic rings. The molecule has 1 aromatic rings. The molecule has 1 amide bonds. The van der Waals surface area contributed by atoms with E-state index in [1.165, 1.54) is 0 Å². The zero-order chi connectivity index (χ0) is 19.1. The van der Waals surface area contributed by atoms with Crippen LogP contribution in [0.5, 0.6) is 5.75 Å². The van der Waals surface area contributed by atoms with Crippen LogP contribution in [0, 0.1) is 5.92 Å². The van der Waals surface area contributed by atoms with Gasteiger partial charge in [0.2, 0.25) is 5.91 Å². The Kier molecular flexibility index (Phi) is 7.73. The highest BCUT2D eigenvalue weighted by atomic mass is 35.5. The molecule has 0 spiro atoms. The molecule has 1 atom stereocenters. The smallest absolute Gasteiger partial charge is 0.240 e. The molecule has 1 aliphatic carbocycles. The van der Waals surface area contributed by atoms with Crippen LogP contribution < -0.4 is 10.2 Å². The summed E-state index contributed by atoms with van der Waals surface area (Å²) in [5.41, 5.74) is 5.82. The average Bonchev–Trinajstić information content (AvgIpc) is 2.59. The van der Waals surface area contributed by atoms with Crippen LogP contribution in [-0.4, -0.2) is 18.2 Å². The van der Waals surface area contributed by atoms with Crippen molar-refractivity contribution in [2.24, 2.45) is 11.0 Å². The molecule has 140 valence electrons. The number of hydrogen-bond donors (Lipinski definition) is 1. The van der Waals surface area contributed by atoms with Crippen molar-refractivity contribution in [3.05, 3.63) is 52.0 Å². The Labute approximate surface area is 164 Å². The highest BCUT2D eigenvalue weighted by Crippen LogP contribution is 2.28. The SMILES string of the molecule is C=C(C)[C@@H]1CC=C(C)C(=NNC(=O)CCCOc2ccc(Cl)cc2Cl)C1. The molecule has 0 unspecified atom stereocenters. The normalized spacial score (nSPS) is 18.4. The Morgan fingerprint density at radius 1 is 1.42 bits per heavy atom. The largest absolute Gasteiger partial charge is 0.492 e. The summed E-state index contributed by atoms with van der Waals surface area (Å²) in [6.45, 7) is 8.46. The second-order valence-electron chi connectivity index (χ2n) is 6.49. The minimum absolute atomic E-state index is 0.131. The third kappa shape index (κ3) is 6.19. The topological polar surface area (TPSA) is 50.7 Å². The van der Waals surface area contributed by atoms with Gasteiger partial charge in [-0.25, -0.2) is 5.43 Å². The maximum Gasteiger partial charge on any atom is 0.240 e. The van der Waals surface area contributed by atoms with Crippen LogP contribution in [0.25, 0.3) is 0 Å². The summed E-state index contributed by atoms with van der Waals surface area (Å²) >= 11 is 11.9. The van der Waals surface area contributed by atoms with Crippen LogP contribution in [0.3, 0.4) is 0 Å². The third-order valence-corrected chi connectivity index (χ3v) is 4.85. The Bertz CT molecular complexity index is 741. The van der Waals surface area contributed by atoms with E-state index < -0.39 is 0 Å². The van der Waals surface area contributed by atoms with Crippen molar-refractivity contribution in [1.82, 2.24) is 5.43 Å². The summed E-state index contributed by atoms with van der Waals surface area (Å²) in [6, 6.07) is 5.05. The highest BCUT2D eigenvalue weighted by molar-refractivity contribution is 6.35. The quantitative estimate of drug-likeness (QED) is 0.374. The lowest BCUT2D eigenvalue weighted by Crippen LogP contribution is -2.23. The number of rotatable bonds is 7. The molecule has 6 heteroatoms. The maximum absolute atomic E-state index is 12.0. The molecule has 2 rings (SSSR count). The van der Waals surface area contributed by atoms with Crippen molar-refractivity contribution in [3.63, 3.8) is 0 Å². The number of halogens is 2. The zero-order valence-electron chi connectivity index (χ0n) is 15.1. The van der Waals surface area contributed by atoms with Crippen molar-refractivity contribution in [1.29, 1.82) is 0 Å². The van der Waals surface area contributed by atoms with Crippen LogP contribution in [0.15, 0.2) is 47.1 Å². The number of carbonyl (C=O) groups excluding carboxylic acids is 1. The van der Waals surface area contributed by atoms with Gasteiger partial charge in [0.05, 0.1) is 17.3 Å². The molecular formula is C20H24Cl2N2O2. The van der Waals surface area contributed by atoms with Crippen LogP contribution in [-0.2, 0) is 4.79 Å². The predicted molar refractivity (Wildman–Crippen MR) is 108 cm³/mol. The van der Waals surface area contributed by atoms with E-state index in [0.29, 0.717) is 41.2 Å². The Hall–Kier alpha value is -1.78. The summed E-state index contributed by atoms with van der Waals surface area (Å²) in [5.74, 6) is 0.825. The average molecular weight is 395 g/mol. The lowest BCUT2D eigenvalue weighted by molar-refractivity contribution is -0.121. The second kappa shape index (κ2) is 9.79. The van der Waals surface area contributed by atoms with Gasteiger partial charge < -0.3 is 4.74 Å². The molecule has 0 aliphatic heterocycles. The van der Waals surface area contributed by atoms with Crippen molar-refractivity contribution in [2.75, 3.05) is 6.61 Å². The lowest BCUT2D eigenvalue weighted by Gasteiger charge is -2.22. The summed E-state index contributed by atoms with van der Waals surface area (Å²) < 4.78 is 5.57. The monoisotopic (exact) mass is 394 g/mol. The van der Waals surface area contributed by atoms with Crippen LogP contribution in [0.4, 0.5) is 0 Å². The molecule has 0 bridgehead atoms. The first kappa shape index (κ1) is 20.5. The lowest BCUT2D eigenvalue weighted by atomic mass is 9.85. The van der Waals surface area contributed by atoms with Gasteiger partial charge in [-0.2, -0.15) is 5.10 Å². The number of hydrogen-bond acceptors (Lipinski definition) is 3. The summed E-state index contributed by atoms with van der Waals surface area (Å²) in [7, 11) is 0. The molecule has 0 saturated carbocycles. The van der Waals surface area contributed by atoms with E-state index in [-0.39, 0.29) is 5.91 Å². The van der Waals surface area contributed by atoms with E-state index in [4.69, 9.17) is 27.9 Å². The van der Waals surface area contributed by atoms with Gasteiger partial charge in [-0.3, -0.25) is 4.79 Å². The van der Waals surface area contributed by atoms with Crippen LogP contribution in [0.1, 0.15) is 39.5 Å². The van der Waals surface area contributed by atoms with Crippen LogP contribution in [0.2, 0.25) is 10.0 Å². The molecule has 1 N–H and O–H groups in total. The molecule has 4 nitrogen and oxygen atoms in total. The van der Waals surface area contributed by atoms with E-state index in [0.717, 1.165) is 29.7 Å². The van der Waals surface area contributed by atoms with Gasteiger partial charge in [0.15, 0.2) is 0 Å². The first-order chi connectivity index (χ1) is 12.4. The molecule has 0 fully saturated rings. The van der Waals surface area contributed by atoms with Gasteiger partial charge in [0.1, 0.15) is 5.75 Å². The van der Waals surface area contributed by atoms with E-state index in [9.17, 15) is 4.79 Å². The number of nitrogens with one attached hydrogen (secondary N) is 1. The van der Waals surface area contributed by atoms with Crippen molar-refractivity contribution < 1.29 is 9.53 Å². The molecule has 1 aromatic carbocycles. The fourth-order valence-electron chi connectivity index (χ4n) is 2.62. The molecule has 0 heterocycles. The van der Waals surface area contributed by atoms with Gasteiger partial charge in [0.25, 0.3) is 0 Å². The van der Waals surface area contributed by atoms with Gasteiger partial charge >= 0.3 is 0 Å². The standard InChI is InChI=1S/C20H24Cl2N2O2/c1-13(2)15-7-6-14(3)18(11-15)23-24-20(25)5-4-10-26-19-9-8-16(21)12-17(19)22/h6,8-9,12,15H,1,4-5,7,10-11H2,2-3H3,(H,24,25)/t15-/m1/s1. The number of allylic oxidation sites excluding steroid dienone is 3. The van der Waals surface area contributed by atoms with E-state index >= 15 is 0 Å². The van der Waals surface area contributed by atoms with Crippen molar-refractivity contribution >= 4 is 34.8 Å². The first-order valence-electron chi connectivity index (χ1n) is 8.62. The van der Waals surface area contributed by atoms with Crippen molar-refractivity contribution in [2.45, 2.75) is 39.5 Å². The predicted octanol–water partition coefficient (Wildman–Crippen LogP) is 5.56. The first-order valence-corrected chi connectivity index (χ1v) is 9.38. The van der Waals surface area contributed by atoms with E-state index in [2.05, 4.69) is 23.2 Å². The molecule has 0 saturated heterocycles. The van der Waals surface area contributed by atoms with Gasteiger partial charge in [-0.05, 0) is 62.8 Å². The molecule has 0 radical (unpaired) electrons. The number of ether oxygens (including phenoxy) is 1. The minimum Gasteiger partial charge on any atom is -0.492 e. The van der Waals surface area contributed by atoms with Gasteiger partial charge in [0, 0.05) is 11.4 Å². The fraction of sp³-hybridized carbons (Fsp3) is 0.400. The van der Waals surface area contributed by atoms with Gasteiger partial charge in [-0.15, -0.1) is 0 Å². The van der Waals surface area contributed by atoms with Gasteiger partial charge in [-0.1, -0.05) is 41.4 Å². The Morgan fingerprint density at radius 2 is 2.19 bits per heavy atom. The van der Waals surface area contributed by atoms with Crippen molar-refractivity contribution in [3.8, 4) is 5.75 Å². The third-order valence-electron chi connectivity index (χ3n) is 4.32. The molecule has 0 aromatic heterocycles. The molecule has 26 heavy (non-hydrogen) atoms. The van der Waals surface area contributed by atoms with E-state index in [1.54, 1.807) is 18.2 Å². The van der Waals surface area contributed by atoms with Crippen LogP contribution >= 0.6 is 23.2 Å². The number of benzene rings is 1. The Morgan fingerprint density at radius 3 is 2.88 bits per heavy atom. The second-order valence-corrected chi connectivity index (χ2v) is 7.33. The minimum atomic E-state index is -0.131. The zero-order valence-corrected chi connectivity index (χ0v) is 16.7. The fourth-order valence-corrected chi connectivity index (χ4v) is 3.08. The van der Waals surface area contributed by atoms with E-state index in [1.807, 2.05) is 13.8 Å². The summed E-state index contributed by atoms with van der Waals surface area (Å²) in [6.07, 6.45) is 4.85. The Balaban J connectivity index is 1.75. The number of carbonyl (C=O) groups is 1. The molecular weight excluding hydrogens is 371 g/mol. The summed E-state index contributed by atoms with van der Waals surface area (Å²) in [4.78, 5) is 12.0. The highest BCUT2D eigenvalue weighted by Gasteiger charge is 2.18. The number of amides is 1. The maximum atomic E-state index is 12.0. The summed E-state index contributed by atoms with van der Waals surface area (Å²) in [5, 5.41) is 5.30. The number of hydrazone groups is 1.